The Morgan fingerprint density at radius 1 is 1.14 bits per heavy atom. The van der Waals surface area contributed by atoms with Crippen LogP contribution in [0.15, 0.2) is 54.7 Å². The van der Waals surface area contributed by atoms with Gasteiger partial charge in [0.1, 0.15) is 18.4 Å². The van der Waals surface area contributed by atoms with Crippen LogP contribution in [0.3, 0.4) is 0 Å². The molecule has 6 heteroatoms. The van der Waals surface area contributed by atoms with Crippen molar-refractivity contribution < 1.29 is 19.0 Å². The van der Waals surface area contributed by atoms with E-state index in [-0.39, 0.29) is 12.0 Å². The molecule has 2 aromatic carbocycles. The summed E-state index contributed by atoms with van der Waals surface area (Å²) in [6.07, 6.45) is 1.65. The molecule has 0 fully saturated rings. The second-order valence-electron chi connectivity index (χ2n) is 7.30. The number of aromatic amines is 1. The number of esters is 1. The smallest absolute Gasteiger partial charge is 0.323 e. The summed E-state index contributed by atoms with van der Waals surface area (Å²) >= 11 is 0. The van der Waals surface area contributed by atoms with Gasteiger partial charge in [-0.15, -0.1) is 0 Å². The monoisotopic (exact) mass is 396 g/mol. The Hall–Kier alpha value is -2.83. The molecule has 1 aromatic heterocycles. The van der Waals surface area contributed by atoms with Crippen molar-refractivity contribution in [3.63, 3.8) is 0 Å². The van der Waals surface area contributed by atoms with E-state index in [1.165, 1.54) is 0 Å². The Kier molecular flexibility index (Phi) is 6.90. The van der Waals surface area contributed by atoms with Crippen molar-refractivity contribution in [3.8, 4) is 5.75 Å². The maximum absolute atomic E-state index is 12.4. The van der Waals surface area contributed by atoms with Crippen molar-refractivity contribution >= 4 is 16.9 Å². The molecule has 3 rings (SSSR count). The fourth-order valence-electron chi connectivity index (χ4n) is 3.30. The van der Waals surface area contributed by atoms with Crippen LogP contribution in [-0.4, -0.2) is 36.8 Å². The largest absolute Gasteiger partial charge is 0.489 e. The van der Waals surface area contributed by atoms with Crippen molar-refractivity contribution in [1.82, 2.24) is 4.98 Å². The maximum atomic E-state index is 12.4. The molecular weight excluding hydrogens is 368 g/mol. The molecule has 1 heterocycles. The van der Waals surface area contributed by atoms with Gasteiger partial charge in [-0.25, -0.2) is 0 Å². The number of benzene rings is 2. The highest BCUT2D eigenvalue weighted by Gasteiger charge is 2.30. The number of methoxy groups -OCH3 is 1. The number of nitrogens with one attached hydrogen (secondary N) is 1. The highest BCUT2D eigenvalue weighted by atomic mass is 16.5. The molecule has 0 bridgehead atoms. The van der Waals surface area contributed by atoms with Crippen molar-refractivity contribution in [3.05, 3.63) is 65.9 Å². The Labute approximate surface area is 171 Å². The van der Waals surface area contributed by atoms with E-state index >= 15 is 0 Å². The molecule has 3 aromatic rings. The van der Waals surface area contributed by atoms with Gasteiger partial charge in [0.25, 0.3) is 0 Å². The van der Waals surface area contributed by atoms with Gasteiger partial charge in [-0.05, 0) is 43.2 Å². The fourth-order valence-corrected chi connectivity index (χ4v) is 3.30. The zero-order valence-electron chi connectivity index (χ0n) is 17.1. The Morgan fingerprint density at radius 3 is 2.59 bits per heavy atom. The lowest BCUT2D eigenvalue weighted by molar-refractivity contribution is -0.149. The molecule has 29 heavy (non-hydrogen) atoms. The summed E-state index contributed by atoms with van der Waals surface area (Å²) in [5, 5.41) is 0.949. The van der Waals surface area contributed by atoms with Crippen LogP contribution in [0.4, 0.5) is 0 Å². The summed E-state index contributed by atoms with van der Waals surface area (Å²) in [6, 6.07) is 15.0. The average Bonchev–Trinajstić information content (AvgIpc) is 3.13. The Bertz CT molecular complexity index is 936. The number of carbonyl (C=O) groups excluding carboxylic acids is 1. The number of hydrogen-bond acceptors (Lipinski definition) is 5. The molecule has 0 saturated heterocycles. The lowest BCUT2D eigenvalue weighted by atomic mass is 9.92. The van der Waals surface area contributed by atoms with Gasteiger partial charge >= 0.3 is 5.97 Å². The number of carbonyl (C=O) groups is 1. The van der Waals surface area contributed by atoms with Gasteiger partial charge < -0.3 is 24.9 Å². The van der Waals surface area contributed by atoms with Crippen LogP contribution >= 0.6 is 0 Å². The predicted octanol–water partition coefficient (Wildman–Crippen LogP) is 3.76. The van der Waals surface area contributed by atoms with Gasteiger partial charge in [-0.3, -0.25) is 4.79 Å². The highest BCUT2D eigenvalue weighted by Crippen LogP contribution is 2.31. The minimum Gasteiger partial charge on any atom is -0.489 e. The molecule has 0 aliphatic carbocycles. The molecule has 3 N–H and O–H groups in total. The number of fused-ring (bicyclic) bond motifs is 1. The van der Waals surface area contributed by atoms with Crippen LogP contribution in [-0.2, 0) is 20.9 Å². The third-order valence-electron chi connectivity index (χ3n) is 4.74. The first kappa shape index (κ1) is 20.9. The van der Waals surface area contributed by atoms with Gasteiger partial charge in [0.15, 0.2) is 0 Å². The second kappa shape index (κ2) is 9.58. The van der Waals surface area contributed by atoms with Gasteiger partial charge in [-0.2, -0.15) is 0 Å². The van der Waals surface area contributed by atoms with E-state index in [1.54, 1.807) is 21.0 Å². The number of hydrogen-bond donors (Lipinski definition) is 2. The summed E-state index contributed by atoms with van der Waals surface area (Å²) in [5.74, 6) is -0.0334. The van der Waals surface area contributed by atoms with E-state index in [0.29, 0.717) is 13.2 Å². The van der Waals surface area contributed by atoms with Gasteiger partial charge in [0.2, 0.25) is 0 Å². The second-order valence-corrected chi connectivity index (χ2v) is 7.30. The summed E-state index contributed by atoms with van der Waals surface area (Å²) in [4.78, 5) is 15.6. The molecule has 0 spiro atoms. The molecule has 2 unspecified atom stereocenters. The third-order valence-corrected chi connectivity index (χ3v) is 4.74. The quantitative estimate of drug-likeness (QED) is 0.538. The van der Waals surface area contributed by atoms with Gasteiger partial charge in [0, 0.05) is 30.1 Å². The fraction of sp³-hybridized carbons (Fsp3) is 0.348. The maximum Gasteiger partial charge on any atom is 0.323 e. The number of rotatable bonds is 9. The first-order valence-electron chi connectivity index (χ1n) is 9.72. The van der Waals surface area contributed by atoms with E-state index in [9.17, 15) is 4.79 Å². The van der Waals surface area contributed by atoms with E-state index in [4.69, 9.17) is 19.9 Å². The van der Waals surface area contributed by atoms with E-state index < -0.39 is 12.0 Å². The third kappa shape index (κ3) is 5.16. The number of aromatic nitrogens is 1. The van der Waals surface area contributed by atoms with Crippen molar-refractivity contribution in [1.29, 1.82) is 0 Å². The van der Waals surface area contributed by atoms with E-state index in [2.05, 4.69) is 4.98 Å². The lowest BCUT2D eigenvalue weighted by Crippen LogP contribution is -2.40. The minimum absolute atomic E-state index is 0.224. The van der Waals surface area contributed by atoms with Crippen molar-refractivity contribution in [2.24, 2.45) is 5.73 Å². The standard InChI is InChI=1S/C23H28N2O4/c1-15(2)29-23(26)22(24)20(14-27-3)19-12-25-21-10-9-17(11-18(19)21)28-13-16-7-5-4-6-8-16/h4-12,15,20,22,25H,13-14,24H2,1-3H3. The van der Waals surface area contributed by atoms with Crippen LogP contribution < -0.4 is 10.5 Å². The Morgan fingerprint density at radius 2 is 1.90 bits per heavy atom. The summed E-state index contributed by atoms with van der Waals surface area (Å²) in [5.41, 5.74) is 9.19. The lowest BCUT2D eigenvalue weighted by Gasteiger charge is -2.23. The summed E-state index contributed by atoms with van der Waals surface area (Å²) in [6.45, 7) is 4.39. The Balaban J connectivity index is 1.85. The SMILES string of the molecule is COCC(c1c[nH]c2ccc(OCc3ccccc3)cc12)C(N)C(=O)OC(C)C. The normalized spacial score (nSPS) is 13.4. The number of H-pyrrole nitrogens is 1. The van der Waals surface area contributed by atoms with E-state index in [1.807, 2.05) is 54.7 Å². The first-order chi connectivity index (χ1) is 14.0. The molecule has 154 valence electrons. The minimum atomic E-state index is -0.828. The van der Waals surface area contributed by atoms with E-state index in [0.717, 1.165) is 27.8 Å². The van der Waals surface area contributed by atoms with Crippen LogP contribution in [0.2, 0.25) is 0 Å². The molecule has 0 radical (unpaired) electrons. The molecular formula is C23H28N2O4. The van der Waals surface area contributed by atoms with Crippen LogP contribution in [0.1, 0.15) is 30.9 Å². The molecule has 2 atom stereocenters. The topological polar surface area (TPSA) is 86.6 Å². The summed E-state index contributed by atoms with van der Waals surface area (Å²) in [7, 11) is 1.59. The van der Waals surface area contributed by atoms with Crippen LogP contribution in [0, 0.1) is 0 Å². The zero-order chi connectivity index (χ0) is 20.8. The van der Waals surface area contributed by atoms with Crippen molar-refractivity contribution in [2.45, 2.75) is 38.5 Å². The van der Waals surface area contributed by atoms with Crippen LogP contribution in [0.5, 0.6) is 5.75 Å². The highest BCUT2D eigenvalue weighted by molar-refractivity contribution is 5.87. The number of ether oxygens (including phenoxy) is 3. The van der Waals surface area contributed by atoms with Crippen molar-refractivity contribution in [2.75, 3.05) is 13.7 Å². The molecule has 0 aliphatic rings. The summed E-state index contributed by atoms with van der Waals surface area (Å²) < 4.78 is 16.6. The van der Waals surface area contributed by atoms with Crippen LogP contribution in [0.25, 0.3) is 10.9 Å². The molecule has 0 saturated carbocycles. The average molecular weight is 396 g/mol. The molecule has 0 aliphatic heterocycles. The molecule has 6 nitrogen and oxygen atoms in total. The predicted molar refractivity (Wildman–Crippen MR) is 113 cm³/mol. The zero-order valence-corrected chi connectivity index (χ0v) is 17.1. The van der Waals surface area contributed by atoms with Gasteiger partial charge in [-0.1, -0.05) is 30.3 Å². The van der Waals surface area contributed by atoms with Gasteiger partial charge in [0.05, 0.1) is 12.7 Å². The first-order valence-corrected chi connectivity index (χ1v) is 9.72. The number of nitrogens with two attached hydrogens (primary N) is 1. The molecule has 0 amide bonds.